The molecule has 0 atom stereocenters. The van der Waals surface area contributed by atoms with Gasteiger partial charge in [-0.05, 0) is 43.7 Å². The van der Waals surface area contributed by atoms with E-state index in [1.54, 1.807) is 14.2 Å². The molecule has 5 nitrogen and oxygen atoms in total. The molecule has 1 aliphatic rings. The molecule has 6 heteroatoms. The summed E-state index contributed by atoms with van der Waals surface area (Å²) in [5.41, 5.74) is 3.72. The smallest absolute Gasteiger partial charge is 0.141 e. The van der Waals surface area contributed by atoms with Crippen LogP contribution in [0.1, 0.15) is 37.9 Å². The predicted octanol–water partition coefficient (Wildman–Crippen LogP) is 5.91. The number of halogens is 1. The fourth-order valence-electron chi connectivity index (χ4n) is 3.81. The zero-order valence-corrected chi connectivity index (χ0v) is 18.8. The third-order valence-electron chi connectivity index (χ3n) is 5.74. The van der Waals surface area contributed by atoms with Gasteiger partial charge in [0.15, 0.2) is 0 Å². The first kappa shape index (κ1) is 20.7. The molecule has 0 bridgehead atoms. The van der Waals surface area contributed by atoms with Crippen LogP contribution in [-0.4, -0.2) is 30.7 Å². The van der Waals surface area contributed by atoms with Crippen LogP contribution >= 0.6 is 11.6 Å². The van der Waals surface area contributed by atoms with Crippen LogP contribution in [0.4, 0.5) is 5.82 Å². The fraction of sp³-hybridized carbons (Fsp3) is 0.417. The maximum atomic E-state index is 6.79. The molecule has 30 heavy (non-hydrogen) atoms. The Morgan fingerprint density at radius 2 is 1.83 bits per heavy atom. The van der Waals surface area contributed by atoms with Gasteiger partial charge in [0.05, 0.1) is 24.9 Å². The molecule has 1 aliphatic carbocycles. The molecule has 1 saturated carbocycles. The van der Waals surface area contributed by atoms with Gasteiger partial charge >= 0.3 is 0 Å². The van der Waals surface area contributed by atoms with E-state index in [0.717, 1.165) is 70.2 Å². The zero-order valence-electron chi connectivity index (χ0n) is 18.0. The summed E-state index contributed by atoms with van der Waals surface area (Å²) in [5.74, 6) is 2.95. The van der Waals surface area contributed by atoms with Gasteiger partial charge in [-0.1, -0.05) is 25.4 Å². The summed E-state index contributed by atoms with van der Waals surface area (Å²) in [6, 6.07) is 6.03. The van der Waals surface area contributed by atoms with Crippen LogP contribution < -0.4 is 14.8 Å². The van der Waals surface area contributed by atoms with Crippen LogP contribution in [0, 0.1) is 5.92 Å². The number of aryl methyl sites for hydroxylation is 1. The number of rotatable bonds is 8. The van der Waals surface area contributed by atoms with E-state index in [0.29, 0.717) is 10.8 Å². The Balaban J connectivity index is 1.94. The van der Waals surface area contributed by atoms with Crippen molar-refractivity contribution < 1.29 is 9.47 Å². The lowest BCUT2D eigenvalue weighted by atomic mass is 9.98. The van der Waals surface area contributed by atoms with Crippen molar-refractivity contribution in [3.05, 3.63) is 40.7 Å². The molecule has 3 aromatic rings. The van der Waals surface area contributed by atoms with Crippen LogP contribution in [0.25, 0.3) is 22.0 Å². The third-order valence-corrected chi connectivity index (χ3v) is 6.11. The molecule has 0 amide bonds. The number of nitrogens with one attached hydrogen (secondary N) is 1. The lowest BCUT2D eigenvalue weighted by molar-refractivity contribution is 0.392. The molecule has 4 rings (SSSR count). The molecular weight excluding hydrogens is 398 g/mol. The number of benzene rings is 1. The minimum absolute atomic E-state index is 0.549. The molecule has 0 saturated heterocycles. The Labute approximate surface area is 182 Å². The molecular formula is C24H28ClN3O2. The average Bonchev–Trinajstić information content (AvgIpc) is 3.61. The second-order valence-corrected chi connectivity index (χ2v) is 8.11. The number of anilines is 1. The van der Waals surface area contributed by atoms with Gasteiger partial charge in [-0.25, -0.2) is 4.98 Å². The topological polar surface area (TPSA) is 56.3 Å². The average molecular weight is 426 g/mol. The maximum Gasteiger partial charge on any atom is 0.141 e. The van der Waals surface area contributed by atoms with E-state index in [1.165, 1.54) is 12.8 Å². The minimum atomic E-state index is 0.549. The first-order valence-corrected chi connectivity index (χ1v) is 10.9. The van der Waals surface area contributed by atoms with Crippen molar-refractivity contribution in [2.75, 3.05) is 26.1 Å². The Kier molecular flexibility index (Phi) is 6.00. The van der Waals surface area contributed by atoms with Gasteiger partial charge in [-0.2, -0.15) is 0 Å². The fourth-order valence-corrected chi connectivity index (χ4v) is 4.15. The largest absolute Gasteiger partial charge is 0.496 e. The lowest BCUT2D eigenvalue weighted by Crippen LogP contribution is -2.07. The standard InChI is InChI=1S/C24H28ClN3O2/c1-5-16-10-18-15(13-26-16)9-19(28-24(18)27-12-14-7-8-14)22-17(6-2)20(29-3)11-21(30-4)23(22)25/h9-11,13-14H,5-8,12H2,1-4H3,(H,27,28). The number of aromatic nitrogens is 2. The summed E-state index contributed by atoms with van der Waals surface area (Å²) in [4.78, 5) is 9.64. The van der Waals surface area contributed by atoms with Crippen LogP contribution in [0.5, 0.6) is 11.5 Å². The lowest BCUT2D eigenvalue weighted by Gasteiger charge is -2.19. The first-order valence-electron chi connectivity index (χ1n) is 10.6. The second-order valence-electron chi connectivity index (χ2n) is 7.73. The highest BCUT2D eigenvalue weighted by Crippen LogP contribution is 2.44. The molecule has 158 valence electrons. The molecule has 2 aromatic heterocycles. The van der Waals surface area contributed by atoms with Crippen LogP contribution in [0.15, 0.2) is 24.4 Å². The molecule has 0 unspecified atom stereocenters. The van der Waals surface area contributed by atoms with Gasteiger partial charge in [-0.3, -0.25) is 4.98 Å². The molecule has 0 aliphatic heterocycles. The van der Waals surface area contributed by atoms with Gasteiger partial charge in [0.25, 0.3) is 0 Å². The molecule has 1 N–H and O–H groups in total. The van der Waals surface area contributed by atoms with E-state index in [-0.39, 0.29) is 0 Å². The summed E-state index contributed by atoms with van der Waals surface area (Å²) < 4.78 is 11.2. The van der Waals surface area contributed by atoms with Crippen molar-refractivity contribution in [3.63, 3.8) is 0 Å². The number of fused-ring (bicyclic) bond motifs is 1. The van der Waals surface area contributed by atoms with Crippen molar-refractivity contribution >= 4 is 28.2 Å². The van der Waals surface area contributed by atoms with Gasteiger partial charge in [0.2, 0.25) is 0 Å². The number of hydrogen-bond donors (Lipinski definition) is 1. The van der Waals surface area contributed by atoms with Crippen LogP contribution in [-0.2, 0) is 12.8 Å². The molecule has 0 radical (unpaired) electrons. The van der Waals surface area contributed by atoms with E-state index in [9.17, 15) is 0 Å². The SMILES string of the molecule is CCc1cc2c(NCC3CC3)nc(-c3c(Cl)c(OC)cc(OC)c3CC)cc2cn1. The molecule has 1 aromatic carbocycles. The number of pyridine rings is 2. The number of ether oxygens (including phenoxy) is 2. The van der Waals surface area contributed by atoms with Gasteiger partial charge < -0.3 is 14.8 Å². The van der Waals surface area contributed by atoms with E-state index < -0.39 is 0 Å². The van der Waals surface area contributed by atoms with Crippen molar-refractivity contribution in [1.29, 1.82) is 0 Å². The summed E-state index contributed by atoms with van der Waals surface area (Å²) in [7, 11) is 3.28. The summed E-state index contributed by atoms with van der Waals surface area (Å²) in [6.07, 6.45) is 6.15. The quantitative estimate of drug-likeness (QED) is 0.485. The molecule has 0 spiro atoms. The zero-order chi connectivity index (χ0) is 21.3. The number of hydrogen-bond acceptors (Lipinski definition) is 5. The Morgan fingerprint density at radius 3 is 2.47 bits per heavy atom. The first-order chi connectivity index (χ1) is 14.6. The monoisotopic (exact) mass is 425 g/mol. The second kappa shape index (κ2) is 8.68. The van der Waals surface area contributed by atoms with E-state index in [2.05, 4.69) is 36.3 Å². The van der Waals surface area contributed by atoms with Gasteiger partial charge in [0, 0.05) is 46.4 Å². The Bertz CT molecular complexity index is 1080. The van der Waals surface area contributed by atoms with E-state index in [4.69, 9.17) is 26.1 Å². The van der Waals surface area contributed by atoms with E-state index in [1.807, 2.05) is 12.3 Å². The maximum absolute atomic E-state index is 6.79. The highest BCUT2D eigenvalue weighted by molar-refractivity contribution is 6.35. The highest BCUT2D eigenvalue weighted by atomic mass is 35.5. The normalized spacial score (nSPS) is 13.5. The summed E-state index contributed by atoms with van der Waals surface area (Å²) in [6.45, 7) is 5.14. The number of methoxy groups -OCH3 is 2. The predicted molar refractivity (Wildman–Crippen MR) is 123 cm³/mol. The van der Waals surface area contributed by atoms with Crippen molar-refractivity contribution in [2.45, 2.75) is 39.5 Å². The van der Waals surface area contributed by atoms with E-state index >= 15 is 0 Å². The van der Waals surface area contributed by atoms with Crippen molar-refractivity contribution in [2.24, 2.45) is 5.92 Å². The van der Waals surface area contributed by atoms with Crippen molar-refractivity contribution in [1.82, 2.24) is 9.97 Å². The summed E-state index contributed by atoms with van der Waals surface area (Å²) >= 11 is 6.79. The van der Waals surface area contributed by atoms with Crippen LogP contribution in [0.3, 0.4) is 0 Å². The third kappa shape index (κ3) is 3.91. The molecule has 1 fully saturated rings. The summed E-state index contributed by atoms with van der Waals surface area (Å²) in [5, 5.41) is 6.26. The number of nitrogens with zero attached hydrogens (tertiary/aromatic N) is 2. The Hall–Kier alpha value is -2.53. The highest BCUT2D eigenvalue weighted by Gasteiger charge is 2.23. The molecule has 2 heterocycles. The van der Waals surface area contributed by atoms with Gasteiger partial charge in [-0.15, -0.1) is 0 Å². The van der Waals surface area contributed by atoms with Crippen molar-refractivity contribution in [3.8, 4) is 22.8 Å². The Morgan fingerprint density at radius 1 is 1.07 bits per heavy atom. The minimum Gasteiger partial charge on any atom is -0.496 e. The van der Waals surface area contributed by atoms with Gasteiger partial charge in [0.1, 0.15) is 17.3 Å². The van der Waals surface area contributed by atoms with Crippen LogP contribution in [0.2, 0.25) is 5.02 Å².